The molecule has 2 heterocycles. The zero-order valence-corrected chi connectivity index (χ0v) is 9.84. The number of aliphatic hydroxyl groups excluding tert-OH is 1. The molecule has 0 aromatic carbocycles. The number of likely N-dealkylation sites (N-methyl/N-ethyl adjacent to an activating group) is 1. The van der Waals surface area contributed by atoms with Crippen LogP contribution in [0.5, 0.6) is 0 Å². The molecule has 1 aromatic heterocycles. The van der Waals surface area contributed by atoms with Gasteiger partial charge in [-0.3, -0.25) is 9.78 Å². The third-order valence-corrected chi connectivity index (χ3v) is 3.12. The van der Waals surface area contributed by atoms with Crippen molar-refractivity contribution in [1.82, 2.24) is 15.2 Å². The molecule has 2 N–H and O–H groups in total. The highest BCUT2D eigenvalue weighted by Crippen LogP contribution is 2.09. The average molecular weight is 235 g/mol. The van der Waals surface area contributed by atoms with E-state index in [1.165, 1.54) is 0 Å². The number of pyridine rings is 1. The Labute approximate surface area is 100 Å². The highest BCUT2D eigenvalue weighted by Gasteiger charge is 2.30. The zero-order chi connectivity index (χ0) is 12.3. The van der Waals surface area contributed by atoms with Crippen LogP contribution < -0.4 is 5.32 Å². The van der Waals surface area contributed by atoms with Crippen molar-refractivity contribution >= 4 is 5.91 Å². The van der Waals surface area contributed by atoms with Gasteiger partial charge in [-0.1, -0.05) is 6.07 Å². The van der Waals surface area contributed by atoms with Crippen molar-refractivity contribution in [3.63, 3.8) is 0 Å². The lowest BCUT2D eigenvalue weighted by atomic mass is 10.1. The number of aromatic nitrogens is 1. The molecule has 5 nitrogen and oxygen atoms in total. The molecule has 17 heavy (non-hydrogen) atoms. The minimum atomic E-state index is -0.474. The summed E-state index contributed by atoms with van der Waals surface area (Å²) in [4.78, 5) is 17.6. The number of nitrogens with one attached hydrogen (secondary N) is 1. The Bertz CT molecular complexity index is 383. The second-order valence-electron chi connectivity index (χ2n) is 4.34. The van der Waals surface area contributed by atoms with Gasteiger partial charge in [0, 0.05) is 32.5 Å². The topological polar surface area (TPSA) is 65.5 Å². The van der Waals surface area contributed by atoms with E-state index in [-0.39, 0.29) is 11.9 Å². The van der Waals surface area contributed by atoms with Crippen LogP contribution in [0.15, 0.2) is 24.5 Å². The Balaban J connectivity index is 1.96. The van der Waals surface area contributed by atoms with Crippen LogP contribution in [0.1, 0.15) is 5.56 Å². The van der Waals surface area contributed by atoms with Gasteiger partial charge in [0.1, 0.15) is 0 Å². The molecule has 2 rings (SSSR count). The van der Waals surface area contributed by atoms with Crippen LogP contribution >= 0.6 is 0 Å². The predicted octanol–water partition coefficient (Wildman–Crippen LogP) is -0.585. The third kappa shape index (κ3) is 2.81. The van der Waals surface area contributed by atoms with Crippen molar-refractivity contribution in [3.8, 4) is 0 Å². The van der Waals surface area contributed by atoms with E-state index < -0.39 is 6.10 Å². The highest BCUT2D eigenvalue weighted by atomic mass is 16.3. The smallest absolute Gasteiger partial charge is 0.227 e. The minimum absolute atomic E-state index is 0.00532. The lowest BCUT2D eigenvalue weighted by molar-refractivity contribution is -0.132. The fourth-order valence-electron chi connectivity index (χ4n) is 2.03. The molecular formula is C12H17N3O2. The van der Waals surface area contributed by atoms with Gasteiger partial charge in [-0.15, -0.1) is 0 Å². The van der Waals surface area contributed by atoms with Crippen molar-refractivity contribution in [2.75, 3.05) is 20.1 Å². The lowest BCUT2D eigenvalue weighted by Crippen LogP contribution is -2.44. The SMILES string of the molecule is CN(C(=O)Cc1cccnc1)[C@@H]1CNC[C@H]1O. The van der Waals surface area contributed by atoms with Gasteiger partial charge >= 0.3 is 0 Å². The van der Waals surface area contributed by atoms with E-state index in [2.05, 4.69) is 10.3 Å². The van der Waals surface area contributed by atoms with Crippen LogP contribution in [0.3, 0.4) is 0 Å². The van der Waals surface area contributed by atoms with Crippen molar-refractivity contribution in [2.45, 2.75) is 18.6 Å². The summed E-state index contributed by atoms with van der Waals surface area (Å²) in [5, 5.41) is 12.8. The predicted molar refractivity (Wildman–Crippen MR) is 63.4 cm³/mol. The summed E-state index contributed by atoms with van der Waals surface area (Å²) in [5.74, 6) is 0.00532. The van der Waals surface area contributed by atoms with Crippen LogP contribution in [0, 0.1) is 0 Å². The standard InChI is InChI=1S/C12H17N3O2/c1-15(10-7-14-8-11(10)16)12(17)5-9-3-2-4-13-6-9/h2-4,6,10-11,14,16H,5,7-8H2,1H3/t10-,11-/m1/s1. The van der Waals surface area contributed by atoms with Gasteiger partial charge in [-0.25, -0.2) is 0 Å². The van der Waals surface area contributed by atoms with E-state index in [4.69, 9.17) is 0 Å². The largest absolute Gasteiger partial charge is 0.390 e. The molecule has 0 radical (unpaired) electrons. The number of hydrogen-bond donors (Lipinski definition) is 2. The quantitative estimate of drug-likeness (QED) is 0.735. The maximum atomic E-state index is 12.0. The number of β-amino-alcohol motifs (C(OH)–C–C–N with tert-alkyl or cyclic N) is 1. The molecule has 0 unspecified atom stereocenters. The summed E-state index contributed by atoms with van der Waals surface area (Å²) in [6.07, 6.45) is 3.23. The summed E-state index contributed by atoms with van der Waals surface area (Å²) in [6, 6.07) is 3.57. The van der Waals surface area contributed by atoms with E-state index in [1.54, 1.807) is 24.3 Å². The Morgan fingerprint density at radius 2 is 2.47 bits per heavy atom. The van der Waals surface area contributed by atoms with Gasteiger partial charge in [0.05, 0.1) is 18.6 Å². The molecule has 0 saturated carbocycles. The van der Waals surface area contributed by atoms with Gasteiger partial charge < -0.3 is 15.3 Å². The van der Waals surface area contributed by atoms with Crippen LogP contribution in [-0.2, 0) is 11.2 Å². The molecule has 92 valence electrons. The first-order valence-electron chi connectivity index (χ1n) is 5.72. The van der Waals surface area contributed by atoms with Crippen LogP contribution in [0.25, 0.3) is 0 Å². The normalized spacial score (nSPS) is 23.6. The summed E-state index contributed by atoms with van der Waals surface area (Å²) in [5.41, 5.74) is 0.893. The number of carbonyl (C=O) groups excluding carboxylic acids is 1. The summed E-state index contributed by atoms with van der Waals surface area (Å²) in [7, 11) is 1.74. The molecule has 1 aliphatic heterocycles. The molecule has 5 heteroatoms. The Morgan fingerprint density at radius 3 is 3.06 bits per heavy atom. The zero-order valence-electron chi connectivity index (χ0n) is 9.84. The maximum Gasteiger partial charge on any atom is 0.227 e. The Hall–Kier alpha value is -1.46. The second-order valence-corrected chi connectivity index (χ2v) is 4.34. The summed E-state index contributed by atoms with van der Waals surface area (Å²) in [6.45, 7) is 1.20. The van der Waals surface area contributed by atoms with Gasteiger partial charge in [-0.05, 0) is 11.6 Å². The number of rotatable bonds is 3. The number of nitrogens with zero attached hydrogens (tertiary/aromatic N) is 2. The van der Waals surface area contributed by atoms with Crippen molar-refractivity contribution < 1.29 is 9.90 Å². The molecular weight excluding hydrogens is 218 g/mol. The van der Waals surface area contributed by atoms with Gasteiger partial charge in [0.25, 0.3) is 0 Å². The van der Waals surface area contributed by atoms with E-state index in [0.717, 1.165) is 5.56 Å². The minimum Gasteiger partial charge on any atom is -0.390 e. The highest BCUT2D eigenvalue weighted by molar-refractivity contribution is 5.78. The number of hydrogen-bond acceptors (Lipinski definition) is 4. The molecule has 1 saturated heterocycles. The summed E-state index contributed by atoms with van der Waals surface area (Å²) < 4.78 is 0. The second kappa shape index (κ2) is 5.25. The molecule has 1 fully saturated rings. The molecule has 1 amide bonds. The van der Waals surface area contributed by atoms with E-state index in [9.17, 15) is 9.90 Å². The van der Waals surface area contributed by atoms with Gasteiger partial charge in [-0.2, -0.15) is 0 Å². The summed E-state index contributed by atoms with van der Waals surface area (Å²) >= 11 is 0. The first-order chi connectivity index (χ1) is 8.18. The van der Waals surface area contributed by atoms with E-state index >= 15 is 0 Å². The molecule has 1 aromatic rings. The molecule has 0 spiro atoms. The fraction of sp³-hybridized carbons (Fsp3) is 0.500. The number of amides is 1. The van der Waals surface area contributed by atoms with Crippen molar-refractivity contribution in [3.05, 3.63) is 30.1 Å². The fourth-order valence-corrected chi connectivity index (χ4v) is 2.03. The van der Waals surface area contributed by atoms with Crippen molar-refractivity contribution in [2.24, 2.45) is 0 Å². The van der Waals surface area contributed by atoms with Gasteiger partial charge in [0.2, 0.25) is 5.91 Å². The Morgan fingerprint density at radius 1 is 1.65 bits per heavy atom. The monoisotopic (exact) mass is 235 g/mol. The third-order valence-electron chi connectivity index (χ3n) is 3.12. The Kier molecular flexibility index (Phi) is 3.71. The van der Waals surface area contributed by atoms with Gasteiger partial charge in [0.15, 0.2) is 0 Å². The lowest BCUT2D eigenvalue weighted by Gasteiger charge is -2.26. The maximum absolute atomic E-state index is 12.0. The van der Waals surface area contributed by atoms with E-state index in [0.29, 0.717) is 19.5 Å². The first-order valence-corrected chi connectivity index (χ1v) is 5.72. The molecule has 1 aliphatic rings. The molecule has 2 atom stereocenters. The van der Waals surface area contributed by atoms with Crippen LogP contribution in [0.2, 0.25) is 0 Å². The van der Waals surface area contributed by atoms with E-state index in [1.807, 2.05) is 12.1 Å². The van der Waals surface area contributed by atoms with Crippen molar-refractivity contribution in [1.29, 1.82) is 0 Å². The number of carbonyl (C=O) groups is 1. The van der Waals surface area contributed by atoms with Crippen LogP contribution in [-0.4, -0.2) is 53.2 Å². The molecule has 0 bridgehead atoms. The number of aliphatic hydroxyl groups is 1. The van der Waals surface area contributed by atoms with Crippen LogP contribution in [0.4, 0.5) is 0 Å². The first kappa shape index (κ1) is 12.0. The molecule has 0 aliphatic carbocycles. The average Bonchev–Trinajstić information content (AvgIpc) is 2.76.